The Morgan fingerprint density at radius 1 is 0.962 bits per heavy atom. The molecule has 1 aromatic heterocycles. The normalized spacial score (nSPS) is 12.5. The van der Waals surface area contributed by atoms with Gasteiger partial charge in [-0.15, -0.1) is 22.0 Å². The number of nitrogens with zero attached hydrogens (tertiary/aromatic N) is 3. The van der Waals surface area contributed by atoms with Crippen LogP contribution in [0.15, 0.2) is 17.0 Å². The van der Waals surface area contributed by atoms with E-state index in [1.54, 1.807) is 0 Å². The van der Waals surface area contributed by atoms with Crippen LogP contribution in [0.4, 0.5) is 0 Å². The summed E-state index contributed by atoms with van der Waals surface area (Å²) >= 11 is 1.88. The summed E-state index contributed by atoms with van der Waals surface area (Å²) in [6, 6.07) is 4.32. The predicted molar refractivity (Wildman–Crippen MR) is 108 cm³/mol. The van der Waals surface area contributed by atoms with Crippen LogP contribution < -0.4 is 0 Å². The van der Waals surface area contributed by atoms with E-state index in [0.29, 0.717) is 5.75 Å². The van der Waals surface area contributed by atoms with Crippen LogP contribution >= 0.6 is 11.8 Å². The topological polar surface area (TPSA) is 74.7 Å². The van der Waals surface area contributed by atoms with Gasteiger partial charge >= 0.3 is 0 Å². The molecule has 144 valence electrons. The zero-order valence-electron chi connectivity index (χ0n) is 16.9. The van der Waals surface area contributed by atoms with Gasteiger partial charge in [0.05, 0.1) is 0 Å². The Hall–Kier alpha value is -1.56. The lowest BCUT2D eigenvalue weighted by Crippen LogP contribution is -2.17. The summed E-state index contributed by atoms with van der Waals surface area (Å²) in [5.41, 5.74) is 1.91. The van der Waals surface area contributed by atoms with E-state index in [0.717, 1.165) is 48.4 Å². The molecule has 0 aliphatic rings. The van der Waals surface area contributed by atoms with Crippen LogP contribution in [0.3, 0.4) is 0 Å². The quantitative estimate of drug-likeness (QED) is 0.525. The number of hydrogen-bond donors (Lipinski definition) is 2. The van der Waals surface area contributed by atoms with Crippen molar-refractivity contribution in [3.8, 4) is 5.75 Å². The Bertz CT molecular complexity index is 665. The fourth-order valence-corrected chi connectivity index (χ4v) is 3.86. The first kappa shape index (κ1) is 20.7. The maximum absolute atomic E-state index is 10.8. The molecule has 0 fully saturated rings. The van der Waals surface area contributed by atoms with Crippen molar-refractivity contribution >= 4 is 11.8 Å². The van der Waals surface area contributed by atoms with Crippen molar-refractivity contribution in [2.45, 2.75) is 83.0 Å². The number of phenolic OH excluding ortho intramolecular Hbond substituents is 1. The molecule has 0 spiro atoms. The second-order valence-corrected chi connectivity index (χ2v) is 10.0. The van der Waals surface area contributed by atoms with Crippen molar-refractivity contribution in [2.24, 2.45) is 0 Å². The molecule has 0 atom stereocenters. The molecule has 1 aromatic carbocycles. The number of benzene rings is 1. The Morgan fingerprint density at radius 3 is 2.08 bits per heavy atom. The van der Waals surface area contributed by atoms with Crippen LogP contribution in [0, 0.1) is 0 Å². The van der Waals surface area contributed by atoms with Crippen molar-refractivity contribution in [3.63, 3.8) is 0 Å². The smallest absolute Gasteiger partial charge is 0.174 e. The predicted octanol–water partition coefficient (Wildman–Crippen LogP) is 5.01. The summed E-state index contributed by atoms with van der Waals surface area (Å²) in [4.78, 5) is 1.25. The van der Waals surface area contributed by atoms with Gasteiger partial charge in [-0.2, -0.15) is 5.21 Å². The molecule has 1 heterocycles. The molecule has 0 saturated heterocycles. The third-order valence-corrected chi connectivity index (χ3v) is 5.46. The Balaban J connectivity index is 1.97. The molecule has 26 heavy (non-hydrogen) atoms. The van der Waals surface area contributed by atoms with E-state index in [1.807, 2.05) is 11.8 Å². The van der Waals surface area contributed by atoms with Crippen molar-refractivity contribution in [3.05, 3.63) is 29.1 Å². The van der Waals surface area contributed by atoms with Crippen molar-refractivity contribution in [1.29, 1.82) is 0 Å². The highest BCUT2D eigenvalue weighted by atomic mass is 32.2. The van der Waals surface area contributed by atoms with Gasteiger partial charge in [0.15, 0.2) is 5.82 Å². The number of rotatable bonds is 7. The fourth-order valence-electron chi connectivity index (χ4n) is 2.88. The van der Waals surface area contributed by atoms with Crippen molar-refractivity contribution in [2.75, 3.05) is 5.75 Å². The Morgan fingerprint density at radius 2 is 1.58 bits per heavy atom. The molecule has 0 radical (unpaired) electrons. The van der Waals surface area contributed by atoms with Crippen LogP contribution in [0.1, 0.15) is 77.8 Å². The number of thioether (sulfide) groups is 1. The minimum absolute atomic E-state index is 0.0781. The third kappa shape index (κ3) is 5.73. The SMILES string of the molecule is CC(C)(C)c1cc(SCCCCCc2nn[nH]n2)cc(C(C)(C)C)c1O. The minimum Gasteiger partial charge on any atom is -0.507 e. The molecule has 2 N–H and O–H groups in total. The molecule has 0 aliphatic heterocycles. The number of aromatic nitrogens is 4. The van der Waals surface area contributed by atoms with E-state index >= 15 is 0 Å². The molecule has 5 nitrogen and oxygen atoms in total. The lowest BCUT2D eigenvalue weighted by atomic mass is 9.79. The molecular weight excluding hydrogens is 344 g/mol. The summed E-state index contributed by atoms with van der Waals surface area (Å²) < 4.78 is 0. The first-order valence-electron chi connectivity index (χ1n) is 9.32. The molecule has 0 aliphatic carbocycles. The highest BCUT2D eigenvalue weighted by molar-refractivity contribution is 7.99. The summed E-state index contributed by atoms with van der Waals surface area (Å²) in [6.07, 6.45) is 4.26. The van der Waals surface area contributed by atoms with Crippen LogP contribution in [-0.2, 0) is 17.3 Å². The highest BCUT2D eigenvalue weighted by Gasteiger charge is 2.26. The molecule has 0 unspecified atom stereocenters. The largest absolute Gasteiger partial charge is 0.507 e. The number of aryl methyl sites for hydroxylation is 1. The van der Waals surface area contributed by atoms with Gasteiger partial charge in [0.1, 0.15) is 5.75 Å². The van der Waals surface area contributed by atoms with Crippen LogP contribution in [0.5, 0.6) is 5.75 Å². The molecule has 0 amide bonds. The van der Waals surface area contributed by atoms with E-state index in [2.05, 4.69) is 74.3 Å². The van der Waals surface area contributed by atoms with E-state index < -0.39 is 0 Å². The van der Waals surface area contributed by atoms with Gasteiger partial charge in [0, 0.05) is 22.4 Å². The summed E-state index contributed by atoms with van der Waals surface area (Å²) in [5, 5.41) is 24.8. The summed E-state index contributed by atoms with van der Waals surface area (Å²) in [6.45, 7) is 12.9. The zero-order chi connectivity index (χ0) is 19.4. The average Bonchev–Trinajstić information content (AvgIpc) is 3.03. The molecule has 2 aromatic rings. The number of hydrogen-bond acceptors (Lipinski definition) is 5. The highest BCUT2D eigenvalue weighted by Crippen LogP contribution is 2.41. The average molecular weight is 377 g/mol. The second kappa shape index (κ2) is 8.42. The third-order valence-electron chi connectivity index (χ3n) is 4.40. The number of H-pyrrole nitrogens is 1. The second-order valence-electron chi connectivity index (χ2n) is 8.85. The van der Waals surface area contributed by atoms with Crippen molar-refractivity contribution in [1.82, 2.24) is 20.6 Å². The van der Waals surface area contributed by atoms with Crippen molar-refractivity contribution < 1.29 is 5.11 Å². The molecule has 0 bridgehead atoms. The van der Waals surface area contributed by atoms with E-state index in [9.17, 15) is 5.11 Å². The van der Waals surface area contributed by atoms with Crippen LogP contribution in [0.2, 0.25) is 0 Å². The maximum atomic E-state index is 10.8. The summed E-state index contributed by atoms with van der Waals surface area (Å²) in [5.74, 6) is 2.32. The lowest BCUT2D eigenvalue weighted by molar-refractivity contribution is 0.422. The van der Waals surface area contributed by atoms with E-state index in [-0.39, 0.29) is 10.8 Å². The van der Waals surface area contributed by atoms with Gasteiger partial charge in [0.2, 0.25) is 0 Å². The number of nitrogens with one attached hydrogen (secondary N) is 1. The fraction of sp³-hybridized carbons (Fsp3) is 0.650. The van der Waals surface area contributed by atoms with Gasteiger partial charge < -0.3 is 5.11 Å². The first-order chi connectivity index (χ1) is 12.1. The molecular formula is C20H32N4OS. The van der Waals surface area contributed by atoms with Crippen LogP contribution in [0.25, 0.3) is 0 Å². The zero-order valence-corrected chi connectivity index (χ0v) is 17.7. The number of aromatic hydroxyl groups is 1. The standard InChI is InChI=1S/C20H32N4OS/c1-19(2,3)15-12-14(13-16(18(15)25)20(4,5)6)26-11-9-7-8-10-17-21-23-24-22-17/h12-13,25H,7-11H2,1-6H3,(H,21,22,23,24). The monoisotopic (exact) mass is 376 g/mol. The number of aromatic amines is 1. The van der Waals surface area contributed by atoms with Gasteiger partial charge in [0.25, 0.3) is 0 Å². The molecule has 2 rings (SSSR count). The van der Waals surface area contributed by atoms with Crippen LogP contribution in [-0.4, -0.2) is 31.5 Å². The van der Waals surface area contributed by atoms with E-state index in [1.165, 1.54) is 4.90 Å². The number of phenols is 1. The number of unbranched alkanes of at least 4 members (excludes halogenated alkanes) is 2. The van der Waals surface area contributed by atoms with Gasteiger partial charge in [-0.3, -0.25) is 0 Å². The first-order valence-corrected chi connectivity index (χ1v) is 10.3. The Labute approximate surface area is 161 Å². The van der Waals surface area contributed by atoms with Gasteiger partial charge in [-0.25, -0.2) is 0 Å². The van der Waals surface area contributed by atoms with E-state index in [4.69, 9.17) is 0 Å². The minimum atomic E-state index is -0.0781. The number of tetrazole rings is 1. The summed E-state index contributed by atoms with van der Waals surface area (Å²) in [7, 11) is 0. The Kier molecular flexibility index (Phi) is 6.72. The van der Waals surface area contributed by atoms with Gasteiger partial charge in [-0.05, 0) is 41.6 Å². The lowest BCUT2D eigenvalue weighted by Gasteiger charge is -2.28. The molecule has 6 heteroatoms. The molecule has 0 saturated carbocycles. The van der Waals surface area contributed by atoms with Gasteiger partial charge in [-0.1, -0.05) is 53.2 Å². The maximum Gasteiger partial charge on any atom is 0.174 e.